The fraction of sp³-hybridized carbons (Fsp3) is 0.931. The zero-order chi connectivity index (χ0) is 24.2. The van der Waals surface area contributed by atoms with Crippen molar-refractivity contribution in [1.29, 1.82) is 0 Å². The lowest BCUT2D eigenvalue weighted by molar-refractivity contribution is -0.0846. The highest BCUT2D eigenvalue weighted by Gasteiger charge is 2.13. The molecule has 0 N–H and O–H groups in total. The lowest BCUT2D eigenvalue weighted by Crippen LogP contribution is -2.10. The first kappa shape index (κ1) is 32.1. The van der Waals surface area contributed by atoms with Gasteiger partial charge in [0.15, 0.2) is 12.6 Å². The van der Waals surface area contributed by atoms with E-state index in [0.717, 1.165) is 51.1 Å². The van der Waals surface area contributed by atoms with Crippen molar-refractivity contribution < 1.29 is 18.9 Å². The number of hydrogen-bond acceptors (Lipinski definition) is 4. The minimum absolute atomic E-state index is 0.246. The van der Waals surface area contributed by atoms with Crippen LogP contribution in [0, 0.1) is 0 Å². The molecule has 0 atom stereocenters. The summed E-state index contributed by atoms with van der Waals surface area (Å²) in [6, 6.07) is 0. The molecule has 0 spiro atoms. The van der Waals surface area contributed by atoms with Gasteiger partial charge in [-0.1, -0.05) is 118 Å². The van der Waals surface area contributed by atoms with Gasteiger partial charge in [-0.2, -0.15) is 0 Å². The van der Waals surface area contributed by atoms with Gasteiger partial charge in [0.1, 0.15) is 0 Å². The maximum Gasteiger partial charge on any atom is 0.321 e. The first-order valence-corrected chi connectivity index (χ1v) is 14.5. The Labute approximate surface area is 207 Å². The van der Waals surface area contributed by atoms with Gasteiger partial charge in [0.25, 0.3) is 0 Å². The van der Waals surface area contributed by atoms with E-state index in [1.807, 2.05) is 0 Å². The summed E-state index contributed by atoms with van der Waals surface area (Å²) in [5.74, 6) is 1.46. The summed E-state index contributed by atoms with van der Waals surface area (Å²) in [5, 5.41) is 0. The predicted molar refractivity (Wildman–Crippen MR) is 141 cm³/mol. The monoisotopic (exact) mass is 470 g/mol. The van der Waals surface area contributed by atoms with Gasteiger partial charge in [-0.05, 0) is 25.7 Å². The maximum atomic E-state index is 6.22. The first-order valence-electron chi connectivity index (χ1n) is 14.5. The number of unbranched alkanes of at least 4 members (excludes halogenated alkanes) is 14. The Morgan fingerprint density at radius 2 is 0.879 bits per heavy atom. The third-order valence-corrected chi connectivity index (χ3v) is 5.91. The van der Waals surface area contributed by atoms with Gasteiger partial charge in [0.05, 0.1) is 19.8 Å². The van der Waals surface area contributed by atoms with Crippen LogP contribution in [0.25, 0.3) is 0 Å². The molecule has 33 heavy (non-hydrogen) atoms. The van der Waals surface area contributed by atoms with Gasteiger partial charge in [0, 0.05) is 6.42 Å². The Morgan fingerprint density at radius 3 is 1.42 bits per heavy atom. The van der Waals surface area contributed by atoms with E-state index < -0.39 is 0 Å². The number of ether oxygens (including phenoxy) is 4. The Hall–Kier alpha value is -0.900. The van der Waals surface area contributed by atoms with Crippen LogP contribution in [0.1, 0.15) is 150 Å². The van der Waals surface area contributed by atoms with E-state index in [9.17, 15) is 0 Å². The van der Waals surface area contributed by atoms with E-state index in [4.69, 9.17) is 18.9 Å². The van der Waals surface area contributed by atoms with Crippen LogP contribution >= 0.6 is 0 Å². The van der Waals surface area contributed by atoms with Crippen molar-refractivity contribution in [1.82, 2.24) is 0 Å². The van der Waals surface area contributed by atoms with Crippen molar-refractivity contribution in [2.24, 2.45) is 0 Å². The molecule has 0 unspecified atom stereocenters. The molecule has 4 nitrogen and oxygen atoms in total. The molecule has 0 fully saturated rings. The van der Waals surface area contributed by atoms with E-state index in [1.54, 1.807) is 0 Å². The highest BCUT2D eigenvalue weighted by Crippen LogP contribution is 2.19. The molecule has 0 aromatic rings. The van der Waals surface area contributed by atoms with Crippen molar-refractivity contribution in [3.63, 3.8) is 0 Å². The molecular formula is C29H58O4. The molecule has 0 bridgehead atoms. The molecule has 0 rings (SSSR count). The zero-order valence-corrected chi connectivity index (χ0v) is 22.9. The highest BCUT2D eigenvalue weighted by atomic mass is 16.7. The molecule has 0 aromatic carbocycles. The number of allylic oxidation sites excluding steroid dienone is 1. The molecule has 0 saturated heterocycles. The van der Waals surface area contributed by atoms with Crippen LogP contribution in [0.15, 0.2) is 11.7 Å². The molecule has 0 aliphatic carbocycles. The Balaban J connectivity index is 4.70. The van der Waals surface area contributed by atoms with Gasteiger partial charge < -0.3 is 18.9 Å². The summed E-state index contributed by atoms with van der Waals surface area (Å²) in [4.78, 5) is 0. The van der Waals surface area contributed by atoms with Gasteiger partial charge in [0.2, 0.25) is 0 Å². The zero-order valence-electron chi connectivity index (χ0n) is 22.9. The molecule has 198 valence electrons. The topological polar surface area (TPSA) is 36.9 Å². The maximum absolute atomic E-state index is 6.22. The second-order valence-electron chi connectivity index (χ2n) is 9.28. The smallest absolute Gasteiger partial charge is 0.321 e. The minimum Gasteiger partial charge on any atom is -0.491 e. The van der Waals surface area contributed by atoms with E-state index in [1.165, 1.54) is 89.9 Å². The molecule has 0 aliphatic heterocycles. The fourth-order valence-corrected chi connectivity index (χ4v) is 3.70. The second kappa shape index (κ2) is 27.3. The molecule has 4 heteroatoms. The van der Waals surface area contributed by atoms with E-state index in [-0.39, 0.29) is 6.79 Å². The number of hydrogen-bond donors (Lipinski definition) is 0. The van der Waals surface area contributed by atoms with E-state index >= 15 is 0 Å². The van der Waals surface area contributed by atoms with Crippen LogP contribution in [-0.4, -0.2) is 26.6 Å². The summed E-state index contributed by atoms with van der Waals surface area (Å²) >= 11 is 0. The predicted octanol–water partition coefficient (Wildman–Crippen LogP) is 9.67. The lowest BCUT2D eigenvalue weighted by Gasteiger charge is -2.18. The van der Waals surface area contributed by atoms with Crippen LogP contribution in [0.4, 0.5) is 0 Å². The molecule has 0 saturated carbocycles. The summed E-state index contributed by atoms with van der Waals surface area (Å²) in [6.45, 7) is 11.4. The van der Waals surface area contributed by atoms with Crippen LogP contribution in [-0.2, 0) is 18.9 Å². The standard InChI is InChI=1S/C29H58O4/c1-5-9-13-16-20-24-30-27-33-29(32-26-22-18-15-11-7-3)28(23-19-12-8-4)31-25-21-17-14-10-6-2/h5-27H2,1-4H3. The average molecular weight is 471 g/mol. The molecule has 0 heterocycles. The van der Waals surface area contributed by atoms with Gasteiger partial charge >= 0.3 is 5.95 Å². The van der Waals surface area contributed by atoms with E-state index in [2.05, 4.69) is 27.7 Å². The van der Waals surface area contributed by atoms with Gasteiger partial charge in [-0.25, -0.2) is 0 Å². The molecule has 0 aliphatic rings. The van der Waals surface area contributed by atoms with Crippen molar-refractivity contribution >= 4 is 0 Å². The minimum atomic E-state index is 0.246. The largest absolute Gasteiger partial charge is 0.491 e. The second-order valence-corrected chi connectivity index (χ2v) is 9.28. The summed E-state index contributed by atoms with van der Waals surface area (Å²) in [5.41, 5.74) is 0. The van der Waals surface area contributed by atoms with E-state index in [0.29, 0.717) is 12.6 Å². The van der Waals surface area contributed by atoms with Crippen LogP contribution in [0.5, 0.6) is 0 Å². The van der Waals surface area contributed by atoms with Crippen LogP contribution in [0.2, 0.25) is 0 Å². The molecule has 0 aromatic heterocycles. The molecule has 0 amide bonds. The highest BCUT2D eigenvalue weighted by molar-refractivity contribution is 4.95. The van der Waals surface area contributed by atoms with Crippen LogP contribution < -0.4 is 0 Å². The Kier molecular flexibility index (Phi) is 26.6. The lowest BCUT2D eigenvalue weighted by atomic mass is 10.1. The molecular weight excluding hydrogens is 412 g/mol. The van der Waals surface area contributed by atoms with Crippen molar-refractivity contribution in [3.05, 3.63) is 11.7 Å². The Bertz CT molecular complexity index is 408. The van der Waals surface area contributed by atoms with Gasteiger partial charge in [-0.3, -0.25) is 0 Å². The summed E-state index contributed by atoms with van der Waals surface area (Å²) in [6.07, 6.45) is 22.9. The normalized spacial score (nSPS) is 12.0. The Morgan fingerprint density at radius 1 is 0.424 bits per heavy atom. The first-order chi connectivity index (χ1) is 16.3. The summed E-state index contributed by atoms with van der Waals surface area (Å²) in [7, 11) is 0. The SMILES string of the molecule is CCCCCCCOCOC(OCCCCCCC)=C(CCCCC)OCCCCCCC. The van der Waals surface area contributed by atoms with Crippen molar-refractivity contribution in [2.45, 2.75) is 150 Å². The van der Waals surface area contributed by atoms with Crippen molar-refractivity contribution in [2.75, 3.05) is 26.6 Å². The molecule has 0 radical (unpaired) electrons. The third-order valence-electron chi connectivity index (χ3n) is 5.91. The average Bonchev–Trinajstić information content (AvgIpc) is 2.83. The van der Waals surface area contributed by atoms with Crippen molar-refractivity contribution in [3.8, 4) is 0 Å². The third kappa shape index (κ3) is 22.6. The fourth-order valence-electron chi connectivity index (χ4n) is 3.70. The van der Waals surface area contributed by atoms with Gasteiger partial charge in [-0.15, -0.1) is 0 Å². The summed E-state index contributed by atoms with van der Waals surface area (Å²) < 4.78 is 24.1. The van der Waals surface area contributed by atoms with Crippen LogP contribution in [0.3, 0.4) is 0 Å². The quantitative estimate of drug-likeness (QED) is 0.0680. The number of rotatable bonds is 27.